The molecule has 0 radical (unpaired) electrons. The number of anilines is 1. The van der Waals surface area contributed by atoms with Crippen LogP contribution in [0.3, 0.4) is 0 Å². The van der Waals surface area contributed by atoms with Crippen molar-refractivity contribution in [3.63, 3.8) is 0 Å². The van der Waals surface area contributed by atoms with Gasteiger partial charge in [-0.25, -0.2) is 4.68 Å². The lowest BCUT2D eigenvalue weighted by molar-refractivity contribution is 0.270. The summed E-state index contributed by atoms with van der Waals surface area (Å²) in [4.78, 5) is 0. The molecule has 0 aliphatic carbocycles. The van der Waals surface area contributed by atoms with E-state index < -0.39 is 0 Å². The number of hydrogen-bond donors (Lipinski definition) is 2. The Labute approximate surface area is 128 Å². The van der Waals surface area contributed by atoms with Crippen LogP contribution in [0.1, 0.15) is 11.3 Å². The summed E-state index contributed by atoms with van der Waals surface area (Å²) in [5, 5.41) is 21.2. The molecule has 0 aliphatic heterocycles. The number of hydrogen-bond acceptors (Lipinski definition) is 5. The van der Waals surface area contributed by atoms with Gasteiger partial charge < -0.3 is 14.8 Å². The van der Waals surface area contributed by atoms with Gasteiger partial charge in [0, 0.05) is 37.0 Å². The van der Waals surface area contributed by atoms with Crippen molar-refractivity contribution in [1.29, 1.82) is 0 Å². The van der Waals surface area contributed by atoms with Gasteiger partial charge in [0.15, 0.2) is 0 Å². The van der Waals surface area contributed by atoms with Gasteiger partial charge in [0.2, 0.25) is 0 Å². The van der Waals surface area contributed by atoms with Crippen molar-refractivity contribution in [3.8, 4) is 11.3 Å². The van der Waals surface area contributed by atoms with Gasteiger partial charge in [0.1, 0.15) is 11.6 Å². The van der Waals surface area contributed by atoms with Crippen LogP contribution >= 0.6 is 0 Å². The van der Waals surface area contributed by atoms with Crippen molar-refractivity contribution < 1.29 is 9.52 Å². The van der Waals surface area contributed by atoms with Gasteiger partial charge in [0.05, 0.1) is 31.3 Å². The molecule has 0 saturated heterocycles. The van der Waals surface area contributed by atoms with Crippen molar-refractivity contribution in [2.45, 2.75) is 20.0 Å². The minimum atomic E-state index is 0.0348. The van der Waals surface area contributed by atoms with Crippen molar-refractivity contribution >= 4 is 5.82 Å². The van der Waals surface area contributed by atoms with Crippen LogP contribution in [0.25, 0.3) is 11.3 Å². The maximum Gasteiger partial charge on any atom is 0.125 e. The van der Waals surface area contributed by atoms with Crippen molar-refractivity contribution in [1.82, 2.24) is 19.6 Å². The van der Waals surface area contributed by atoms with Gasteiger partial charge in [-0.3, -0.25) is 4.68 Å². The van der Waals surface area contributed by atoms with Gasteiger partial charge in [-0.2, -0.15) is 10.2 Å². The second-order valence-electron chi connectivity index (χ2n) is 5.13. The molecule has 7 nitrogen and oxygen atoms in total. The first kappa shape index (κ1) is 14.4. The summed E-state index contributed by atoms with van der Waals surface area (Å²) < 4.78 is 8.86. The first-order valence-corrected chi connectivity index (χ1v) is 7.12. The summed E-state index contributed by atoms with van der Waals surface area (Å²) >= 11 is 0. The minimum Gasteiger partial charge on any atom is -0.469 e. The molecule has 3 aromatic rings. The van der Waals surface area contributed by atoms with Crippen molar-refractivity contribution in [2.75, 3.05) is 11.9 Å². The third-order valence-corrected chi connectivity index (χ3v) is 3.46. The molecule has 3 aromatic heterocycles. The molecule has 0 aromatic carbocycles. The average molecular weight is 301 g/mol. The van der Waals surface area contributed by atoms with Gasteiger partial charge in [-0.1, -0.05) is 0 Å². The lowest BCUT2D eigenvalue weighted by atomic mass is 10.2. The molecule has 3 heterocycles. The van der Waals surface area contributed by atoms with Gasteiger partial charge in [-0.05, 0) is 13.0 Å². The van der Waals surface area contributed by atoms with E-state index in [1.807, 2.05) is 38.5 Å². The highest BCUT2D eigenvalue weighted by Crippen LogP contribution is 2.26. The number of nitrogens with one attached hydrogen (secondary N) is 1. The predicted octanol–water partition coefficient (Wildman–Crippen LogP) is 1.79. The van der Waals surface area contributed by atoms with E-state index in [-0.39, 0.29) is 6.61 Å². The van der Waals surface area contributed by atoms with Crippen LogP contribution in [0.2, 0.25) is 0 Å². The molecule has 0 saturated carbocycles. The SMILES string of the molecule is Cc1occc1-c1cc(NCc2cnn(C)c2)n(CCO)n1. The molecular formula is C15H19N5O2. The molecule has 0 aliphatic rings. The Hall–Kier alpha value is -2.54. The summed E-state index contributed by atoms with van der Waals surface area (Å²) in [6.45, 7) is 3.03. The van der Waals surface area contributed by atoms with Crippen molar-refractivity contribution in [3.05, 3.63) is 42.1 Å². The molecule has 3 rings (SSSR count). The van der Waals surface area contributed by atoms with Crippen LogP contribution in [0.5, 0.6) is 0 Å². The molecule has 0 fully saturated rings. The quantitative estimate of drug-likeness (QED) is 0.725. The van der Waals surface area contributed by atoms with E-state index in [1.54, 1.807) is 15.6 Å². The van der Waals surface area contributed by atoms with Gasteiger partial charge in [0.25, 0.3) is 0 Å². The Morgan fingerprint density at radius 1 is 1.41 bits per heavy atom. The number of aromatic nitrogens is 4. The zero-order valence-electron chi connectivity index (χ0n) is 12.7. The average Bonchev–Trinajstić information content (AvgIpc) is 3.18. The highest BCUT2D eigenvalue weighted by atomic mass is 16.3. The van der Waals surface area contributed by atoms with E-state index in [0.29, 0.717) is 13.1 Å². The van der Waals surface area contributed by atoms with Crippen LogP contribution in [-0.2, 0) is 20.1 Å². The maximum atomic E-state index is 9.21. The lowest BCUT2D eigenvalue weighted by Gasteiger charge is -2.07. The molecule has 2 N–H and O–H groups in total. The Morgan fingerprint density at radius 3 is 2.91 bits per heavy atom. The summed E-state index contributed by atoms with van der Waals surface area (Å²) in [6, 6.07) is 3.86. The van der Waals surface area contributed by atoms with E-state index in [2.05, 4.69) is 15.5 Å². The Balaban J connectivity index is 1.82. The van der Waals surface area contributed by atoms with Crippen LogP contribution in [0.15, 0.2) is 35.2 Å². The standard InChI is InChI=1S/C15H19N5O2/c1-11-13(3-6-22-11)14-7-15(20(18-14)4-5-21)16-8-12-9-17-19(2)10-12/h3,6-7,9-10,16,21H,4-5,8H2,1-2H3. The fourth-order valence-corrected chi connectivity index (χ4v) is 2.36. The Bertz CT molecular complexity index is 756. The normalized spacial score (nSPS) is 11.0. The van der Waals surface area contributed by atoms with Gasteiger partial charge >= 0.3 is 0 Å². The molecule has 7 heteroatoms. The molecule has 0 bridgehead atoms. The monoisotopic (exact) mass is 301 g/mol. The fourth-order valence-electron chi connectivity index (χ4n) is 2.36. The van der Waals surface area contributed by atoms with E-state index in [9.17, 15) is 5.11 Å². The van der Waals surface area contributed by atoms with E-state index in [4.69, 9.17) is 4.42 Å². The maximum absolute atomic E-state index is 9.21. The molecule has 0 atom stereocenters. The summed E-state index contributed by atoms with van der Waals surface area (Å²) in [5.74, 6) is 1.68. The molecule has 0 amide bonds. The molecule has 22 heavy (non-hydrogen) atoms. The summed E-state index contributed by atoms with van der Waals surface area (Å²) in [7, 11) is 1.89. The van der Waals surface area contributed by atoms with E-state index in [0.717, 1.165) is 28.4 Å². The second-order valence-corrected chi connectivity index (χ2v) is 5.13. The predicted molar refractivity (Wildman–Crippen MR) is 82.3 cm³/mol. The van der Waals surface area contributed by atoms with E-state index in [1.165, 1.54) is 0 Å². The number of furan rings is 1. The van der Waals surface area contributed by atoms with Crippen LogP contribution < -0.4 is 5.32 Å². The highest BCUT2D eigenvalue weighted by Gasteiger charge is 2.12. The molecule has 0 unspecified atom stereocenters. The number of aryl methyl sites for hydroxylation is 2. The van der Waals surface area contributed by atoms with Crippen LogP contribution in [0.4, 0.5) is 5.82 Å². The number of aliphatic hydroxyl groups is 1. The van der Waals surface area contributed by atoms with Crippen molar-refractivity contribution in [2.24, 2.45) is 7.05 Å². The molecule has 116 valence electrons. The topological polar surface area (TPSA) is 81.0 Å². The number of nitrogens with zero attached hydrogens (tertiary/aromatic N) is 4. The highest BCUT2D eigenvalue weighted by molar-refractivity contribution is 5.64. The number of rotatable bonds is 6. The first-order valence-electron chi connectivity index (χ1n) is 7.12. The van der Waals surface area contributed by atoms with Gasteiger partial charge in [-0.15, -0.1) is 0 Å². The third kappa shape index (κ3) is 2.89. The zero-order valence-corrected chi connectivity index (χ0v) is 12.7. The lowest BCUT2D eigenvalue weighted by Crippen LogP contribution is -2.10. The zero-order chi connectivity index (χ0) is 15.5. The molecule has 0 spiro atoms. The third-order valence-electron chi connectivity index (χ3n) is 3.46. The Kier molecular flexibility index (Phi) is 3.97. The summed E-state index contributed by atoms with van der Waals surface area (Å²) in [6.07, 6.45) is 5.43. The molecular weight excluding hydrogens is 282 g/mol. The minimum absolute atomic E-state index is 0.0348. The largest absolute Gasteiger partial charge is 0.469 e. The smallest absolute Gasteiger partial charge is 0.125 e. The van der Waals surface area contributed by atoms with Crippen LogP contribution in [-0.4, -0.2) is 31.3 Å². The Morgan fingerprint density at radius 2 is 2.27 bits per heavy atom. The second kappa shape index (κ2) is 6.07. The van der Waals surface area contributed by atoms with Crippen LogP contribution in [0, 0.1) is 6.92 Å². The number of aliphatic hydroxyl groups excluding tert-OH is 1. The fraction of sp³-hybridized carbons (Fsp3) is 0.333. The first-order chi connectivity index (χ1) is 10.7. The van der Waals surface area contributed by atoms with E-state index >= 15 is 0 Å². The summed E-state index contributed by atoms with van der Waals surface area (Å²) in [5.41, 5.74) is 2.87.